The summed E-state index contributed by atoms with van der Waals surface area (Å²) < 4.78 is 31.8. The van der Waals surface area contributed by atoms with Gasteiger partial charge in [0.05, 0.1) is 5.92 Å². The molecular weight excluding hydrogens is 332 g/mol. The van der Waals surface area contributed by atoms with Gasteiger partial charge in [0.1, 0.15) is 0 Å². The molecular formula is C17H17F2N3O3. The van der Waals surface area contributed by atoms with E-state index in [1.165, 1.54) is 11.0 Å². The molecule has 2 fully saturated rings. The minimum atomic E-state index is -1.06. The van der Waals surface area contributed by atoms with E-state index >= 15 is 0 Å². The molecule has 25 heavy (non-hydrogen) atoms. The molecule has 2 aromatic rings. The Morgan fingerprint density at radius 3 is 2.76 bits per heavy atom. The smallest absolute Gasteiger partial charge is 0.253 e. The standard InChI is InChI=1S/C17H17F2N3O3/c18-13-4-3-10(5-14(13)19)17(24)22-6-11(8-23)12(7-22)16-20-15(21-25-16)9-1-2-9/h3-5,9,11-12,23H,1-2,6-8H2/t11-,12+/m0/s1. The maximum Gasteiger partial charge on any atom is 0.253 e. The van der Waals surface area contributed by atoms with Gasteiger partial charge in [0.25, 0.3) is 5.91 Å². The van der Waals surface area contributed by atoms with Crippen LogP contribution in [0.25, 0.3) is 0 Å². The van der Waals surface area contributed by atoms with E-state index in [4.69, 9.17) is 4.52 Å². The lowest BCUT2D eigenvalue weighted by Crippen LogP contribution is -2.29. The molecule has 2 aliphatic rings. The van der Waals surface area contributed by atoms with Gasteiger partial charge in [-0.15, -0.1) is 0 Å². The molecule has 0 radical (unpaired) electrons. The van der Waals surface area contributed by atoms with Crippen molar-refractivity contribution in [3.05, 3.63) is 47.1 Å². The minimum absolute atomic E-state index is 0.0699. The van der Waals surface area contributed by atoms with Crippen LogP contribution in [0.3, 0.4) is 0 Å². The van der Waals surface area contributed by atoms with E-state index in [1.807, 2.05) is 0 Å². The largest absolute Gasteiger partial charge is 0.396 e. The highest BCUT2D eigenvalue weighted by Crippen LogP contribution is 2.40. The third-order valence-corrected chi connectivity index (χ3v) is 4.85. The molecule has 1 aliphatic carbocycles. The van der Waals surface area contributed by atoms with E-state index in [-0.39, 0.29) is 30.6 Å². The van der Waals surface area contributed by atoms with E-state index in [1.54, 1.807) is 0 Å². The SMILES string of the molecule is O=C(c1ccc(F)c(F)c1)N1C[C@@H](CO)[C@H](c2nc(C3CC3)no2)C1. The number of rotatable bonds is 4. The molecule has 1 N–H and O–H groups in total. The summed E-state index contributed by atoms with van der Waals surface area (Å²) in [4.78, 5) is 18.5. The Morgan fingerprint density at radius 1 is 1.28 bits per heavy atom. The average molecular weight is 349 g/mol. The van der Waals surface area contributed by atoms with Gasteiger partial charge in [0.15, 0.2) is 17.5 Å². The van der Waals surface area contributed by atoms with Crippen molar-refractivity contribution in [2.75, 3.05) is 19.7 Å². The lowest BCUT2D eigenvalue weighted by Gasteiger charge is -2.16. The number of amides is 1. The first kappa shape index (κ1) is 16.1. The van der Waals surface area contributed by atoms with E-state index < -0.39 is 17.5 Å². The minimum Gasteiger partial charge on any atom is -0.396 e. The fourth-order valence-corrected chi connectivity index (χ4v) is 3.22. The third kappa shape index (κ3) is 3.02. The summed E-state index contributed by atoms with van der Waals surface area (Å²) in [7, 11) is 0. The van der Waals surface area contributed by atoms with E-state index in [2.05, 4.69) is 10.1 Å². The van der Waals surface area contributed by atoms with Crippen molar-refractivity contribution in [2.45, 2.75) is 24.7 Å². The van der Waals surface area contributed by atoms with Crippen LogP contribution in [0.1, 0.15) is 46.8 Å². The molecule has 132 valence electrons. The average Bonchev–Trinajstić information content (AvgIpc) is 3.19. The van der Waals surface area contributed by atoms with Gasteiger partial charge in [-0.3, -0.25) is 4.79 Å². The van der Waals surface area contributed by atoms with Gasteiger partial charge in [0.2, 0.25) is 5.89 Å². The number of nitrogens with zero attached hydrogens (tertiary/aromatic N) is 3. The molecule has 1 saturated heterocycles. The summed E-state index contributed by atoms with van der Waals surface area (Å²) in [6.07, 6.45) is 2.10. The number of aliphatic hydroxyl groups excluding tert-OH is 1. The Hall–Kier alpha value is -2.35. The number of halogens is 2. The molecule has 8 heteroatoms. The summed E-state index contributed by atoms with van der Waals surface area (Å²) in [5.74, 6) is -1.53. The Labute approximate surface area is 142 Å². The van der Waals surface area contributed by atoms with Crippen molar-refractivity contribution in [3.8, 4) is 0 Å². The number of aromatic nitrogens is 2. The predicted octanol–water partition coefficient (Wildman–Crippen LogP) is 2.07. The van der Waals surface area contributed by atoms with Crippen LogP contribution in [0.15, 0.2) is 22.7 Å². The van der Waals surface area contributed by atoms with Gasteiger partial charge in [0, 0.05) is 37.1 Å². The molecule has 1 saturated carbocycles. The van der Waals surface area contributed by atoms with Gasteiger partial charge >= 0.3 is 0 Å². The summed E-state index contributed by atoms with van der Waals surface area (Å²) in [6.45, 7) is 0.447. The second-order valence-corrected chi connectivity index (χ2v) is 6.65. The second kappa shape index (κ2) is 6.18. The quantitative estimate of drug-likeness (QED) is 0.914. The number of carbonyl (C=O) groups excluding carboxylic acids is 1. The predicted molar refractivity (Wildman–Crippen MR) is 81.9 cm³/mol. The van der Waals surface area contributed by atoms with E-state index in [9.17, 15) is 18.7 Å². The Morgan fingerprint density at radius 2 is 2.08 bits per heavy atom. The Kier molecular flexibility index (Phi) is 3.99. The second-order valence-electron chi connectivity index (χ2n) is 6.65. The van der Waals surface area contributed by atoms with Crippen LogP contribution in [-0.4, -0.2) is 45.8 Å². The number of aliphatic hydroxyl groups is 1. The van der Waals surface area contributed by atoms with Crippen molar-refractivity contribution >= 4 is 5.91 Å². The first-order chi connectivity index (χ1) is 12.1. The van der Waals surface area contributed by atoms with Crippen molar-refractivity contribution in [2.24, 2.45) is 5.92 Å². The molecule has 1 aromatic heterocycles. The van der Waals surface area contributed by atoms with Crippen LogP contribution in [0, 0.1) is 17.6 Å². The highest BCUT2D eigenvalue weighted by atomic mass is 19.2. The first-order valence-corrected chi connectivity index (χ1v) is 8.25. The zero-order valence-electron chi connectivity index (χ0n) is 13.4. The highest BCUT2D eigenvalue weighted by molar-refractivity contribution is 5.94. The Balaban J connectivity index is 1.53. The monoisotopic (exact) mass is 349 g/mol. The topological polar surface area (TPSA) is 79.5 Å². The molecule has 1 aliphatic heterocycles. The van der Waals surface area contributed by atoms with Crippen LogP contribution in [0.4, 0.5) is 8.78 Å². The maximum absolute atomic E-state index is 13.4. The number of carbonyl (C=O) groups is 1. The zero-order chi connectivity index (χ0) is 17.6. The van der Waals surface area contributed by atoms with Gasteiger partial charge in [-0.25, -0.2) is 8.78 Å². The zero-order valence-corrected chi connectivity index (χ0v) is 13.4. The summed E-state index contributed by atoms with van der Waals surface area (Å²) in [6, 6.07) is 3.07. The molecule has 0 unspecified atom stereocenters. The van der Waals surface area contributed by atoms with Crippen LogP contribution in [0.2, 0.25) is 0 Å². The van der Waals surface area contributed by atoms with E-state index in [0.717, 1.165) is 25.0 Å². The van der Waals surface area contributed by atoms with Crippen molar-refractivity contribution in [1.29, 1.82) is 0 Å². The number of hydrogen-bond donors (Lipinski definition) is 1. The lowest BCUT2D eigenvalue weighted by atomic mass is 9.97. The van der Waals surface area contributed by atoms with Gasteiger partial charge in [-0.05, 0) is 31.0 Å². The first-order valence-electron chi connectivity index (χ1n) is 8.25. The lowest BCUT2D eigenvalue weighted by molar-refractivity contribution is 0.0780. The fraction of sp³-hybridized carbons (Fsp3) is 0.471. The van der Waals surface area contributed by atoms with Crippen LogP contribution in [0.5, 0.6) is 0 Å². The number of likely N-dealkylation sites (tertiary alicyclic amines) is 1. The van der Waals surface area contributed by atoms with Gasteiger partial charge in [-0.1, -0.05) is 5.16 Å². The number of benzene rings is 1. The van der Waals surface area contributed by atoms with E-state index in [0.29, 0.717) is 24.2 Å². The highest BCUT2D eigenvalue weighted by Gasteiger charge is 2.40. The fourth-order valence-electron chi connectivity index (χ4n) is 3.22. The van der Waals surface area contributed by atoms with Crippen molar-refractivity contribution < 1.29 is 23.2 Å². The van der Waals surface area contributed by atoms with Crippen LogP contribution >= 0.6 is 0 Å². The summed E-state index contributed by atoms with van der Waals surface area (Å²) in [5, 5.41) is 13.6. The van der Waals surface area contributed by atoms with Gasteiger partial charge in [-0.2, -0.15) is 4.98 Å². The molecule has 1 amide bonds. The van der Waals surface area contributed by atoms with Crippen molar-refractivity contribution in [1.82, 2.24) is 15.0 Å². The third-order valence-electron chi connectivity index (χ3n) is 4.85. The molecule has 0 spiro atoms. The van der Waals surface area contributed by atoms with Crippen LogP contribution in [-0.2, 0) is 0 Å². The Bertz CT molecular complexity index is 806. The molecule has 4 rings (SSSR count). The maximum atomic E-state index is 13.4. The number of hydrogen-bond acceptors (Lipinski definition) is 5. The molecule has 2 atom stereocenters. The normalized spacial score (nSPS) is 23.2. The van der Waals surface area contributed by atoms with Crippen molar-refractivity contribution in [3.63, 3.8) is 0 Å². The summed E-state index contributed by atoms with van der Waals surface area (Å²) >= 11 is 0. The molecule has 6 nitrogen and oxygen atoms in total. The molecule has 2 heterocycles. The summed E-state index contributed by atoms with van der Waals surface area (Å²) in [5.41, 5.74) is 0.0699. The molecule has 1 aromatic carbocycles. The van der Waals surface area contributed by atoms with Crippen LogP contribution < -0.4 is 0 Å². The van der Waals surface area contributed by atoms with Gasteiger partial charge < -0.3 is 14.5 Å². The molecule has 0 bridgehead atoms.